The molecule has 1 aliphatic heterocycles. The summed E-state index contributed by atoms with van der Waals surface area (Å²) in [5.41, 5.74) is 1.11. The number of para-hydroxylation sites is 1. The van der Waals surface area contributed by atoms with Crippen molar-refractivity contribution in [2.45, 2.75) is 12.3 Å². The van der Waals surface area contributed by atoms with E-state index in [0.717, 1.165) is 11.8 Å². The van der Waals surface area contributed by atoms with Crippen molar-refractivity contribution in [1.29, 1.82) is 0 Å². The zero-order valence-electron chi connectivity index (χ0n) is 12.4. The van der Waals surface area contributed by atoms with Gasteiger partial charge in [-0.1, -0.05) is 18.2 Å². The molecule has 0 spiro atoms. The number of carbonyl (C=O) groups is 2. The second kappa shape index (κ2) is 5.84. The molecule has 1 saturated heterocycles. The highest BCUT2D eigenvalue weighted by Crippen LogP contribution is 2.23. The second-order valence-corrected chi connectivity index (χ2v) is 5.93. The van der Waals surface area contributed by atoms with E-state index in [2.05, 4.69) is 15.5 Å². The molecule has 9 heteroatoms. The van der Waals surface area contributed by atoms with Gasteiger partial charge in [0, 0.05) is 7.05 Å². The van der Waals surface area contributed by atoms with E-state index in [9.17, 15) is 14.4 Å². The molecule has 1 aromatic heterocycles. The fourth-order valence-electron chi connectivity index (χ4n) is 2.20. The van der Waals surface area contributed by atoms with Gasteiger partial charge < -0.3 is 0 Å². The molecular weight excluding hydrogens is 318 g/mol. The van der Waals surface area contributed by atoms with E-state index in [1.807, 2.05) is 18.2 Å². The van der Waals surface area contributed by atoms with Crippen molar-refractivity contribution in [3.8, 4) is 5.69 Å². The Hall–Kier alpha value is -2.68. The van der Waals surface area contributed by atoms with Crippen LogP contribution in [0, 0.1) is 6.92 Å². The van der Waals surface area contributed by atoms with Crippen LogP contribution >= 0.6 is 11.8 Å². The van der Waals surface area contributed by atoms with Crippen molar-refractivity contribution in [3.63, 3.8) is 0 Å². The van der Waals surface area contributed by atoms with E-state index >= 15 is 0 Å². The average Bonchev–Trinajstić information content (AvgIpc) is 2.96. The van der Waals surface area contributed by atoms with Crippen molar-refractivity contribution >= 4 is 28.6 Å². The average molecular weight is 331 g/mol. The minimum absolute atomic E-state index is 0.143. The van der Waals surface area contributed by atoms with Gasteiger partial charge in [-0.15, -0.1) is 5.11 Å². The lowest BCUT2D eigenvalue weighted by Crippen LogP contribution is -2.22. The Bertz CT molecular complexity index is 869. The summed E-state index contributed by atoms with van der Waals surface area (Å²) in [6.07, 6.45) is 0. The molecule has 2 heterocycles. The monoisotopic (exact) mass is 331 g/mol. The van der Waals surface area contributed by atoms with Crippen LogP contribution in [0.1, 0.15) is 5.69 Å². The fraction of sp³-hybridized carbons (Fsp3) is 0.214. The molecule has 2 amide bonds. The van der Waals surface area contributed by atoms with Crippen molar-refractivity contribution < 1.29 is 9.59 Å². The molecule has 1 fully saturated rings. The Morgan fingerprint density at radius 1 is 1.17 bits per heavy atom. The van der Waals surface area contributed by atoms with Gasteiger partial charge >= 0.3 is 0 Å². The Kier molecular flexibility index (Phi) is 3.87. The first-order valence-corrected chi connectivity index (χ1v) is 7.63. The number of hydrogen-bond acceptors (Lipinski definition) is 6. The molecule has 1 aromatic carbocycles. The highest BCUT2D eigenvalue weighted by atomic mass is 32.2. The van der Waals surface area contributed by atoms with Gasteiger partial charge in [-0.05, 0) is 30.8 Å². The number of imide groups is 1. The van der Waals surface area contributed by atoms with E-state index in [1.54, 1.807) is 30.8 Å². The number of nitrogens with one attached hydrogen (secondary N) is 1. The number of nitrogens with zero attached hydrogens (tertiary/aromatic N) is 4. The lowest BCUT2D eigenvalue weighted by molar-refractivity contribution is -0.118. The van der Waals surface area contributed by atoms with Crippen LogP contribution in [0.5, 0.6) is 0 Å². The molecule has 118 valence electrons. The standard InChI is InChI=1S/C14H13N5O3S/c1-8-10(16-17-12-11(20)15-14(22)23-12)13(21)19(18(8)2)9-6-4-3-5-7-9/h3-7,12H,1-2H3,(H,15,20,22). The third-order valence-electron chi connectivity index (χ3n) is 3.45. The third-order valence-corrected chi connectivity index (χ3v) is 4.30. The number of carbonyl (C=O) groups excluding carboxylic acids is 2. The summed E-state index contributed by atoms with van der Waals surface area (Å²) in [6, 6.07) is 9.13. The van der Waals surface area contributed by atoms with Gasteiger partial charge in [0.2, 0.25) is 5.37 Å². The summed E-state index contributed by atoms with van der Waals surface area (Å²) >= 11 is 0.736. The Labute approximate surface area is 135 Å². The quantitative estimate of drug-likeness (QED) is 0.868. The topological polar surface area (TPSA) is 97.8 Å². The zero-order valence-corrected chi connectivity index (χ0v) is 13.2. The van der Waals surface area contributed by atoms with Gasteiger partial charge in [-0.25, -0.2) is 4.68 Å². The van der Waals surface area contributed by atoms with Gasteiger partial charge in [0.25, 0.3) is 16.7 Å². The molecule has 1 atom stereocenters. The number of rotatable bonds is 3. The van der Waals surface area contributed by atoms with Crippen LogP contribution in [0.3, 0.4) is 0 Å². The molecule has 1 N–H and O–H groups in total. The first-order chi connectivity index (χ1) is 11.0. The van der Waals surface area contributed by atoms with Crippen LogP contribution in [0.15, 0.2) is 45.4 Å². The van der Waals surface area contributed by atoms with E-state index in [0.29, 0.717) is 11.4 Å². The maximum atomic E-state index is 12.6. The predicted molar refractivity (Wildman–Crippen MR) is 85.2 cm³/mol. The molecule has 1 aliphatic rings. The number of benzene rings is 1. The number of azo groups is 1. The van der Waals surface area contributed by atoms with Crippen LogP contribution in [0.4, 0.5) is 10.5 Å². The summed E-state index contributed by atoms with van der Waals surface area (Å²) in [7, 11) is 1.74. The van der Waals surface area contributed by atoms with Crippen molar-refractivity contribution in [2.24, 2.45) is 17.3 Å². The van der Waals surface area contributed by atoms with Crippen LogP contribution in [0.25, 0.3) is 5.69 Å². The number of aromatic nitrogens is 2. The first kappa shape index (κ1) is 15.2. The summed E-state index contributed by atoms with van der Waals surface area (Å²) in [4.78, 5) is 35.2. The lowest BCUT2D eigenvalue weighted by atomic mass is 10.3. The molecule has 8 nitrogen and oxygen atoms in total. The Morgan fingerprint density at radius 3 is 2.48 bits per heavy atom. The van der Waals surface area contributed by atoms with Gasteiger partial charge in [0.1, 0.15) is 0 Å². The van der Waals surface area contributed by atoms with Gasteiger partial charge in [0.05, 0.1) is 11.4 Å². The number of amides is 2. The summed E-state index contributed by atoms with van der Waals surface area (Å²) in [5, 5.41) is 8.44. The fourth-order valence-corrected chi connectivity index (χ4v) is 2.82. The maximum absolute atomic E-state index is 12.6. The van der Waals surface area contributed by atoms with Gasteiger partial charge in [-0.3, -0.25) is 24.4 Å². The second-order valence-electron chi connectivity index (χ2n) is 4.87. The molecular formula is C14H13N5O3S. The molecule has 2 aromatic rings. The molecule has 0 bridgehead atoms. The smallest absolute Gasteiger partial charge is 0.284 e. The maximum Gasteiger partial charge on any atom is 0.299 e. The summed E-state index contributed by atoms with van der Waals surface area (Å²) in [6.45, 7) is 1.74. The third kappa shape index (κ3) is 2.70. The SMILES string of the molecule is Cc1c(N=NC2SC(=O)NC2=O)c(=O)n(-c2ccccc2)n1C. The molecule has 0 aliphatic carbocycles. The highest BCUT2D eigenvalue weighted by Gasteiger charge is 2.32. The molecule has 23 heavy (non-hydrogen) atoms. The number of hydrogen-bond donors (Lipinski definition) is 1. The number of thioether (sulfide) groups is 1. The van der Waals surface area contributed by atoms with Crippen LogP contribution in [-0.2, 0) is 11.8 Å². The van der Waals surface area contributed by atoms with Crippen molar-refractivity contribution in [3.05, 3.63) is 46.4 Å². The predicted octanol–water partition coefficient (Wildman–Crippen LogP) is 1.88. The van der Waals surface area contributed by atoms with Gasteiger partial charge in [-0.2, -0.15) is 5.11 Å². The molecule has 1 unspecified atom stereocenters. The molecule has 3 rings (SSSR count). The molecule has 0 radical (unpaired) electrons. The Morgan fingerprint density at radius 2 is 1.87 bits per heavy atom. The van der Waals surface area contributed by atoms with Crippen LogP contribution in [-0.4, -0.2) is 25.9 Å². The first-order valence-electron chi connectivity index (χ1n) is 6.75. The van der Waals surface area contributed by atoms with E-state index in [-0.39, 0.29) is 11.2 Å². The minimum atomic E-state index is -0.952. The highest BCUT2D eigenvalue weighted by molar-refractivity contribution is 8.15. The zero-order chi connectivity index (χ0) is 16.6. The lowest BCUT2D eigenvalue weighted by Gasteiger charge is -2.07. The Balaban J connectivity index is 2.00. The summed E-state index contributed by atoms with van der Waals surface area (Å²) < 4.78 is 3.13. The largest absolute Gasteiger partial charge is 0.299 e. The van der Waals surface area contributed by atoms with E-state index in [1.165, 1.54) is 4.68 Å². The van der Waals surface area contributed by atoms with Crippen LogP contribution < -0.4 is 10.9 Å². The van der Waals surface area contributed by atoms with Crippen molar-refractivity contribution in [1.82, 2.24) is 14.7 Å². The van der Waals surface area contributed by atoms with Gasteiger partial charge in [0.15, 0.2) is 5.69 Å². The van der Waals surface area contributed by atoms with Crippen molar-refractivity contribution in [2.75, 3.05) is 0 Å². The van der Waals surface area contributed by atoms with Crippen LogP contribution in [0.2, 0.25) is 0 Å². The molecule has 0 saturated carbocycles. The normalized spacial score (nSPS) is 17.9. The van der Waals surface area contributed by atoms with E-state index in [4.69, 9.17) is 0 Å². The minimum Gasteiger partial charge on any atom is -0.284 e. The van der Waals surface area contributed by atoms with E-state index < -0.39 is 16.5 Å². The summed E-state index contributed by atoms with van der Waals surface area (Å²) in [5.74, 6) is -0.527.